The Kier molecular flexibility index (Phi) is 7.99. The van der Waals surface area contributed by atoms with Gasteiger partial charge in [0.05, 0.1) is 0 Å². The second kappa shape index (κ2) is 10.4. The molecule has 0 heterocycles. The Morgan fingerprint density at radius 1 is 1.18 bits per heavy atom. The van der Waals surface area contributed by atoms with Gasteiger partial charge < -0.3 is 15.0 Å². The average Bonchev–Trinajstić information content (AvgIpc) is 2.69. The third kappa shape index (κ3) is 6.37. The summed E-state index contributed by atoms with van der Waals surface area (Å²) in [7, 11) is 0. The summed E-state index contributed by atoms with van der Waals surface area (Å²) in [6, 6.07) is 12.6. The molecule has 150 valence electrons. The fourth-order valence-electron chi connectivity index (χ4n) is 2.70. The monoisotopic (exact) mass is 386 g/mol. The van der Waals surface area contributed by atoms with Crippen LogP contribution >= 0.6 is 0 Å². The van der Waals surface area contributed by atoms with Gasteiger partial charge in [-0.15, -0.1) is 0 Å². The van der Waals surface area contributed by atoms with Gasteiger partial charge in [-0.05, 0) is 55.7 Å². The maximum Gasteiger partial charge on any atom is 0.261 e. The van der Waals surface area contributed by atoms with Crippen molar-refractivity contribution in [1.29, 1.82) is 0 Å². The summed E-state index contributed by atoms with van der Waals surface area (Å²) in [6.07, 6.45) is 0.806. The molecule has 2 aromatic rings. The Hall–Kier alpha value is -2.89. The molecule has 6 heteroatoms. The van der Waals surface area contributed by atoms with Gasteiger partial charge in [0.1, 0.15) is 17.6 Å². The topological polar surface area (TPSA) is 58.6 Å². The van der Waals surface area contributed by atoms with Gasteiger partial charge in [0, 0.05) is 13.1 Å². The highest BCUT2D eigenvalue weighted by molar-refractivity contribution is 5.87. The van der Waals surface area contributed by atoms with Crippen LogP contribution < -0.4 is 10.1 Å². The first-order chi connectivity index (χ1) is 13.4. The first-order valence-corrected chi connectivity index (χ1v) is 9.41. The van der Waals surface area contributed by atoms with E-state index in [9.17, 15) is 14.0 Å². The minimum Gasteiger partial charge on any atom is -0.484 e. The van der Waals surface area contributed by atoms with E-state index in [0.717, 1.165) is 17.5 Å². The van der Waals surface area contributed by atoms with Crippen LogP contribution in [0.25, 0.3) is 0 Å². The van der Waals surface area contributed by atoms with Gasteiger partial charge in [-0.2, -0.15) is 0 Å². The van der Waals surface area contributed by atoms with Crippen LogP contribution in [0.2, 0.25) is 0 Å². The minimum absolute atomic E-state index is 0.184. The van der Waals surface area contributed by atoms with E-state index >= 15 is 0 Å². The summed E-state index contributed by atoms with van der Waals surface area (Å²) < 4.78 is 18.8. The summed E-state index contributed by atoms with van der Waals surface area (Å²) in [5, 5.41) is 2.81. The zero-order chi connectivity index (χ0) is 20.5. The van der Waals surface area contributed by atoms with E-state index in [1.54, 1.807) is 25.1 Å². The van der Waals surface area contributed by atoms with Crippen molar-refractivity contribution >= 4 is 11.8 Å². The highest BCUT2D eigenvalue weighted by Crippen LogP contribution is 2.14. The summed E-state index contributed by atoms with van der Waals surface area (Å²) >= 11 is 0. The van der Waals surface area contributed by atoms with Crippen molar-refractivity contribution in [2.45, 2.75) is 39.8 Å². The van der Waals surface area contributed by atoms with Crippen molar-refractivity contribution < 1.29 is 18.7 Å². The molecule has 0 aliphatic rings. The van der Waals surface area contributed by atoms with Crippen LogP contribution in [-0.2, 0) is 16.1 Å². The number of nitrogens with one attached hydrogen (secondary N) is 1. The molecule has 1 N–H and O–H groups in total. The van der Waals surface area contributed by atoms with Crippen LogP contribution in [0.3, 0.4) is 0 Å². The predicted octanol–water partition coefficient (Wildman–Crippen LogP) is 3.46. The number of halogens is 1. The lowest BCUT2D eigenvalue weighted by molar-refractivity contribution is -0.142. The molecule has 0 unspecified atom stereocenters. The Labute approximate surface area is 165 Å². The van der Waals surface area contributed by atoms with Crippen molar-refractivity contribution in [2.24, 2.45) is 0 Å². The Morgan fingerprint density at radius 3 is 2.54 bits per heavy atom. The fourth-order valence-corrected chi connectivity index (χ4v) is 2.70. The second-order valence-electron chi connectivity index (χ2n) is 6.72. The standard InChI is InChI=1S/C22H27FN2O3/c1-4-12-24-22(27)17(3)25(14-18-8-10-19(23)11-9-18)21(26)15-28-20-7-5-6-16(2)13-20/h5-11,13,17H,4,12,14-15H2,1-3H3,(H,24,27)/t17-/m0/s1. The van der Waals surface area contributed by atoms with Crippen LogP contribution in [0.1, 0.15) is 31.4 Å². The van der Waals surface area contributed by atoms with Gasteiger partial charge in [-0.3, -0.25) is 9.59 Å². The third-order valence-corrected chi connectivity index (χ3v) is 4.33. The SMILES string of the molecule is CCCNC(=O)[C@H](C)N(Cc1ccc(F)cc1)C(=O)COc1cccc(C)c1. The largest absolute Gasteiger partial charge is 0.484 e. The normalized spacial score (nSPS) is 11.6. The molecule has 2 amide bonds. The molecule has 28 heavy (non-hydrogen) atoms. The maximum atomic E-state index is 13.2. The van der Waals surface area contributed by atoms with Crippen LogP contribution in [0.5, 0.6) is 5.75 Å². The number of aryl methyl sites for hydroxylation is 1. The van der Waals surface area contributed by atoms with E-state index in [2.05, 4.69) is 5.32 Å². The van der Waals surface area contributed by atoms with Gasteiger partial charge >= 0.3 is 0 Å². The number of nitrogens with zero attached hydrogens (tertiary/aromatic N) is 1. The lowest BCUT2D eigenvalue weighted by Crippen LogP contribution is -2.49. The molecule has 2 rings (SSSR count). The Bertz CT molecular complexity index is 793. The molecule has 0 fully saturated rings. The number of benzene rings is 2. The van der Waals surface area contributed by atoms with Gasteiger partial charge in [0.2, 0.25) is 5.91 Å². The van der Waals surface area contributed by atoms with Gasteiger partial charge in [-0.25, -0.2) is 4.39 Å². The van der Waals surface area contributed by atoms with Crippen LogP contribution in [0.15, 0.2) is 48.5 Å². The zero-order valence-electron chi connectivity index (χ0n) is 16.6. The molecule has 0 saturated carbocycles. The molecular formula is C22H27FN2O3. The van der Waals surface area contributed by atoms with Gasteiger partial charge in [0.15, 0.2) is 6.61 Å². The lowest BCUT2D eigenvalue weighted by atomic mass is 10.1. The van der Waals surface area contributed by atoms with Gasteiger partial charge in [0.25, 0.3) is 5.91 Å². The molecule has 2 aromatic carbocycles. The molecule has 0 saturated heterocycles. The van der Waals surface area contributed by atoms with E-state index < -0.39 is 6.04 Å². The summed E-state index contributed by atoms with van der Waals surface area (Å²) in [4.78, 5) is 26.7. The third-order valence-electron chi connectivity index (χ3n) is 4.33. The number of carbonyl (C=O) groups excluding carboxylic acids is 2. The molecule has 5 nitrogen and oxygen atoms in total. The Morgan fingerprint density at radius 2 is 1.89 bits per heavy atom. The number of ether oxygens (including phenoxy) is 1. The number of rotatable bonds is 9. The highest BCUT2D eigenvalue weighted by atomic mass is 19.1. The van der Waals surface area contributed by atoms with Crippen LogP contribution in [0.4, 0.5) is 4.39 Å². The van der Waals surface area contributed by atoms with Crippen molar-refractivity contribution in [2.75, 3.05) is 13.2 Å². The number of hydrogen-bond donors (Lipinski definition) is 1. The van der Waals surface area contributed by atoms with E-state index in [0.29, 0.717) is 12.3 Å². The van der Waals surface area contributed by atoms with Crippen molar-refractivity contribution in [3.05, 3.63) is 65.5 Å². The van der Waals surface area contributed by atoms with Crippen LogP contribution in [0, 0.1) is 12.7 Å². The van der Waals surface area contributed by atoms with E-state index in [4.69, 9.17) is 4.74 Å². The average molecular weight is 386 g/mol. The summed E-state index contributed by atoms with van der Waals surface area (Å²) in [5.41, 5.74) is 1.76. The molecular weight excluding hydrogens is 359 g/mol. The van der Waals surface area contributed by atoms with Crippen molar-refractivity contribution in [1.82, 2.24) is 10.2 Å². The van der Waals surface area contributed by atoms with Gasteiger partial charge in [-0.1, -0.05) is 31.2 Å². The summed E-state index contributed by atoms with van der Waals surface area (Å²) in [6.45, 7) is 6.13. The second-order valence-corrected chi connectivity index (χ2v) is 6.72. The maximum absolute atomic E-state index is 13.2. The number of carbonyl (C=O) groups is 2. The van der Waals surface area contributed by atoms with Crippen molar-refractivity contribution in [3.8, 4) is 5.75 Å². The zero-order valence-corrected chi connectivity index (χ0v) is 16.6. The number of amides is 2. The number of hydrogen-bond acceptors (Lipinski definition) is 3. The van der Waals surface area contributed by atoms with E-state index in [1.165, 1.54) is 17.0 Å². The molecule has 0 aliphatic carbocycles. The molecule has 0 radical (unpaired) electrons. The summed E-state index contributed by atoms with van der Waals surface area (Å²) in [5.74, 6) is -0.297. The van der Waals surface area contributed by atoms with Crippen LogP contribution in [-0.4, -0.2) is 35.9 Å². The van der Waals surface area contributed by atoms with Crippen molar-refractivity contribution in [3.63, 3.8) is 0 Å². The lowest BCUT2D eigenvalue weighted by Gasteiger charge is -2.28. The van der Waals surface area contributed by atoms with E-state index in [-0.39, 0.29) is 30.8 Å². The molecule has 0 bridgehead atoms. The Balaban J connectivity index is 2.11. The first-order valence-electron chi connectivity index (χ1n) is 9.41. The fraction of sp³-hybridized carbons (Fsp3) is 0.364. The highest BCUT2D eigenvalue weighted by Gasteiger charge is 2.26. The molecule has 0 aliphatic heterocycles. The first kappa shape index (κ1) is 21.4. The predicted molar refractivity (Wildman–Crippen MR) is 106 cm³/mol. The van der Waals surface area contributed by atoms with E-state index in [1.807, 2.05) is 32.0 Å². The molecule has 0 spiro atoms. The quantitative estimate of drug-likeness (QED) is 0.718. The molecule has 0 aromatic heterocycles. The smallest absolute Gasteiger partial charge is 0.261 e. The molecule has 1 atom stereocenters. The minimum atomic E-state index is -0.676.